The lowest BCUT2D eigenvalue weighted by molar-refractivity contribution is -0.188. The van der Waals surface area contributed by atoms with Gasteiger partial charge in [-0.25, -0.2) is 0 Å². The number of carbonyl (C=O) groups is 1. The van der Waals surface area contributed by atoms with Gasteiger partial charge in [-0.2, -0.15) is 0 Å². The van der Waals surface area contributed by atoms with Crippen LogP contribution in [0.5, 0.6) is 11.5 Å². The number of hydrogen-bond donors (Lipinski definition) is 1. The Hall–Kier alpha value is -2.53. The van der Waals surface area contributed by atoms with Crippen molar-refractivity contribution in [3.05, 3.63) is 59.7 Å². The van der Waals surface area contributed by atoms with Gasteiger partial charge in [0.2, 0.25) is 0 Å². The molecule has 0 aliphatic carbocycles. The first kappa shape index (κ1) is 20.7. The molecule has 0 aromatic heterocycles. The molecule has 5 nitrogen and oxygen atoms in total. The molecule has 160 valence electrons. The van der Waals surface area contributed by atoms with Gasteiger partial charge in [0.15, 0.2) is 0 Å². The fourth-order valence-corrected chi connectivity index (χ4v) is 4.71. The molecule has 1 fully saturated rings. The van der Waals surface area contributed by atoms with Crippen LogP contribution in [-0.4, -0.2) is 22.8 Å². The van der Waals surface area contributed by atoms with Crippen LogP contribution in [0, 0.1) is 11.8 Å². The van der Waals surface area contributed by atoms with Gasteiger partial charge in [-0.05, 0) is 50.5 Å². The molecule has 30 heavy (non-hydrogen) atoms. The van der Waals surface area contributed by atoms with E-state index in [9.17, 15) is 9.90 Å². The Morgan fingerprint density at radius 2 is 1.97 bits per heavy atom. The summed E-state index contributed by atoms with van der Waals surface area (Å²) in [6.07, 6.45) is 1.69. The van der Waals surface area contributed by atoms with E-state index in [1.807, 2.05) is 62.4 Å². The van der Waals surface area contributed by atoms with Gasteiger partial charge in [-0.1, -0.05) is 43.7 Å². The third-order valence-electron chi connectivity index (χ3n) is 6.34. The van der Waals surface area contributed by atoms with E-state index in [2.05, 4.69) is 6.92 Å². The van der Waals surface area contributed by atoms with Crippen molar-refractivity contribution in [3.8, 4) is 11.5 Å². The Morgan fingerprint density at radius 1 is 1.20 bits per heavy atom. The predicted molar refractivity (Wildman–Crippen MR) is 114 cm³/mol. The molecule has 1 saturated heterocycles. The minimum atomic E-state index is -0.784. The summed E-state index contributed by atoms with van der Waals surface area (Å²) < 4.78 is 18.8. The van der Waals surface area contributed by atoms with E-state index in [-0.39, 0.29) is 18.1 Å². The van der Waals surface area contributed by atoms with Crippen LogP contribution in [0.15, 0.2) is 48.5 Å². The molecule has 0 unspecified atom stereocenters. The first-order chi connectivity index (χ1) is 14.4. The summed E-state index contributed by atoms with van der Waals surface area (Å²) in [7, 11) is 0. The molecular formula is C25H30O5. The van der Waals surface area contributed by atoms with Crippen LogP contribution in [0.4, 0.5) is 0 Å². The zero-order chi connectivity index (χ0) is 21.3. The van der Waals surface area contributed by atoms with Gasteiger partial charge >= 0.3 is 5.97 Å². The van der Waals surface area contributed by atoms with Crippen molar-refractivity contribution in [1.82, 2.24) is 0 Å². The van der Waals surface area contributed by atoms with E-state index < -0.39 is 17.5 Å². The molecule has 0 spiro atoms. The van der Waals surface area contributed by atoms with E-state index >= 15 is 0 Å². The Morgan fingerprint density at radius 3 is 2.67 bits per heavy atom. The number of ether oxygens (including phenoxy) is 3. The molecule has 2 heterocycles. The number of benzene rings is 2. The summed E-state index contributed by atoms with van der Waals surface area (Å²) in [5, 5.41) is 9.77. The van der Waals surface area contributed by atoms with Crippen molar-refractivity contribution in [2.45, 2.75) is 64.4 Å². The van der Waals surface area contributed by atoms with Crippen molar-refractivity contribution in [2.75, 3.05) is 0 Å². The fraction of sp³-hybridized carbons (Fsp3) is 0.480. The van der Waals surface area contributed by atoms with Crippen LogP contribution in [0.2, 0.25) is 0 Å². The van der Waals surface area contributed by atoms with Crippen LogP contribution in [-0.2, 0) is 16.1 Å². The largest absolute Gasteiger partial charge is 0.489 e. The van der Waals surface area contributed by atoms with Crippen molar-refractivity contribution < 1.29 is 24.1 Å². The summed E-state index contributed by atoms with van der Waals surface area (Å²) in [4.78, 5) is 11.9. The maximum Gasteiger partial charge on any atom is 0.309 e. The molecule has 2 aliphatic heterocycles. The van der Waals surface area contributed by atoms with Crippen LogP contribution in [0.25, 0.3) is 0 Å². The van der Waals surface area contributed by atoms with Crippen molar-refractivity contribution >= 4 is 5.97 Å². The van der Waals surface area contributed by atoms with Crippen LogP contribution >= 0.6 is 0 Å². The molecule has 2 aromatic carbocycles. The second-order valence-electron chi connectivity index (χ2n) is 8.85. The van der Waals surface area contributed by atoms with Gasteiger partial charge in [-0.3, -0.25) is 4.79 Å². The number of fused-ring (bicyclic) bond motifs is 3. The monoisotopic (exact) mass is 410 g/mol. The number of carboxylic acids is 1. The third kappa shape index (κ3) is 4.04. The van der Waals surface area contributed by atoms with E-state index in [1.165, 1.54) is 0 Å². The van der Waals surface area contributed by atoms with Gasteiger partial charge in [-0.15, -0.1) is 0 Å². The van der Waals surface area contributed by atoms with Crippen LogP contribution in [0.3, 0.4) is 0 Å². The van der Waals surface area contributed by atoms with Crippen LogP contribution < -0.4 is 9.47 Å². The van der Waals surface area contributed by atoms with Crippen LogP contribution in [0.1, 0.15) is 57.3 Å². The third-order valence-corrected chi connectivity index (χ3v) is 6.34. The topological polar surface area (TPSA) is 65.0 Å². The van der Waals surface area contributed by atoms with Gasteiger partial charge in [0.25, 0.3) is 0 Å². The summed E-state index contributed by atoms with van der Waals surface area (Å²) in [6, 6.07) is 15.9. The lowest BCUT2D eigenvalue weighted by Crippen LogP contribution is -2.52. The van der Waals surface area contributed by atoms with E-state index in [0.29, 0.717) is 13.0 Å². The van der Waals surface area contributed by atoms with Gasteiger partial charge in [0.1, 0.15) is 23.7 Å². The highest BCUT2D eigenvalue weighted by atomic mass is 16.5. The summed E-state index contributed by atoms with van der Waals surface area (Å²) in [5.74, 6) is 0.221. The van der Waals surface area contributed by atoms with E-state index in [1.54, 1.807) is 0 Å². The average Bonchev–Trinajstić information content (AvgIpc) is 2.72. The summed E-state index contributed by atoms with van der Waals surface area (Å²) in [5.41, 5.74) is 1.55. The fourth-order valence-electron chi connectivity index (χ4n) is 4.71. The lowest BCUT2D eigenvalue weighted by Gasteiger charge is -2.50. The highest BCUT2D eigenvalue weighted by Gasteiger charge is 2.51. The molecule has 0 amide bonds. The van der Waals surface area contributed by atoms with Crippen molar-refractivity contribution in [3.63, 3.8) is 0 Å². The zero-order valence-electron chi connectivity index (χ0n) is 17.8. The first-order valence-electron chi connectivity index (χ1n) is 10.8. The van der Waals surface area contributed by atoms with Crippen molar-refractivity contribution in [1.29, 1.82) is 0 Å². The van der Waals surface area contributed by atoms with E-state index in [0.717, 1.165) is 35.5 Å². The number of rotatable bonds is 6. The molecular weight excluding hydrogens is 380 g/mol. The normalized spacial score (nSPS) is 26.8. The van der Waals surface area contributed by atoms with E-state index in [4.69, 9.17) is 14.2 Å². The molecule has 1 N–H and O–H groups in total. The Balaban J connectivity index is 1.62. The minimum absolute atomic E-state index is 0.0384. The minimum Gasteiger partial charge on any atom is -0.489 e. The SMILES string of the molecule is CCC[C@H]1O[C@H]2c3cc(OCc4ccccc4)ccc3OC(C)(C)[C@@H]2C[C@H]1C(=O)O. The average molecular weight is 411 g/mol. The predicted octanol–water partition coefficient (Wildman–Crippen LogP) is 5.38. The smallest absolute Gasteiger partial charge is 0.309 e. The highest BCUT2D eigenvalue weighted by molar-refractivity contribution is 5.71. The number of aliphatic carboxylic acids is 1. The van der Waals surface area contributed by atoms with Gasteiger partial charge in [0, 0.05) is 11.5 Å². The standard InChI is InChI=1S/C25H30O5/c1-4-8-21-19(24(26)27)14-20-23(29-21)18-13-17(11-12-22(18)30-25(20,2)3)28-15-16-9-6-5-7-10-16/h5-7,9-13,19-21,23H,4,8,14-15H2,1-3H3,(H,26,27)/t19-,20-,21-,23+/m1/s1. The Labute approximate surface area is 178 Å². The molecule has 0 saturated carbocycles. The Bertz CT molecular complexity index is 892. The zero-order valence-corrected chi connectivity index (χ0v) is 17.8. The second-order valence-corrected chi connectivity index (χ2v) is 8.85. The van der Waals surface area contributed by atoms with Gasteiger partial charge < -0.3 is 19.3 Å². The Kier molecular flexibility index (Phi) is 5.74. The van der Waals surface area contributed by atoms with Crippen molar-refractivity contribution in [2.24, 2.45) is 11.8 Å². The van der Waals surface area contributed by atoms with Gasteiger partial charge in [0.05, 0.1) is 18.1 Å². The first-order valence-corrected chi connectivity index (χ1v) is 10.8. The molecule has 0 bridgehead atoms. The number of hydrogen-bond acceptors (Lipinski definition) is 4. The molecule has 0 radical (unpaired) electrons. The second kappa shape index (κ2) is 8.31. The quantitative estimate of drug-likeness (QED) is 0.692. The maximum absolute atomic E-state index is 11.9. The molecule has 5 heteroatoms. The molecule has 2 aromatic rings. The summed E-state index contributed by atoms with van der Waals surface area (Å²) in [6.45, 7) is 6.60. The highest BCUT2D eigenvalue weighted by Crippen LogP contribution is 2.53. The maximum atomic E-state index is 11.9. The molecule has 4 atom stereocenters. The molecule has 4 rings (SSSR count). The number of carboxylic acid groups (broad SMARTS) is 1. The summed E-state index contributed by atoms with van der Waals surface area (Å²) >= 11 is 0. The molecule has 2 aliphatic rings. The lowest BCUT2D eigenvalue weighted by atomic mass is 9.71.